The van der Waals surface area contributed by atoms with Gasteiger partial charge in [0.05, 0.1) is 5.56 Å². The first-order valence-electron chi connectivity index (χ1n) is 3.87. The molecule has 2 aromatic rings. The zero-order valence-electron chi connectivity index (χ0n) is 7.37. The first-order chi connectivity index (χ1) is 6.15. The van der Waals surface area contributed by atoms with Gasteiger partial charge in [-0.15, -0.1) is 0 Å². The predicted octanol–water partition coefficient (Wildman–Crippen LogP) is 2.11. The Kier molecular flexibility index (Phi) is 1.61. The lowest BCUT2D eigenvalue weighted by Gasteiger charge is -1.94. The van der Waals surface area contributed by atoms with Crippen molar-refractivity contribution in [3.63, 3.8) is 0 Å². The fourth-order valence-electron chi connectivity index (χ4n) is 1.52. The van der Waals surface area contributed by atoms with Crippen LogP contribution in [0.5, 0.6) is 0 Å². The molecule has 0 fully saturated rings. The van der Waals surface area contributed by atoms with Crippen molar-refractivity contribution in [2.45, 2.75) is 6.92 Å². The van der Waals surface area contributed by atoms with Crippen LogP contribution >= 0.6 is 11.6 Å². The molecule has 0 aliphatic heterocycles. The zero-order chi connectivity index (χ0) is 9.59. The molecule has 66 valence electrons. The minimum atomic E-state index is 0.631. The molecule has 0 saturated carbocycles. The van der Waals surface area contributed by atoms with Gasteiger partial charge in [0.2, 0.25) is 0 Å². The number of fused-ring (bicyclic) bond motifs is 1. The van der Waals surface area contributed by atoms with Crippen LogP contribution in [0.1, 0.15) is 11.1 Å². The van der Waals surface area contributed by atoms with Crippen LogP contribution in [-0.2, 0) is 7.05 Å². The molecular formula is C9H8ClN3. The first-order valence-corrected chi connectivity index (χ1v) is 4.25. The average Bonchev–Trinajstić information content (AvgIpc) is 2.51. The lowest BCUT2D eigenvalue weighted by Crippen LogP contribution is -1.89. The van der Waals surface area contributed by atoms with Crippen LogP contribution in [0.4, 0.5) is 0 Å². The van der Waals surface area contributed by atoms with E-state index in [-0.39, 0.29) is 0 Å². The standard InChI is InChI=1S/C9H8ClN3/c1-6-4-13-5-8(10)12(2)9(13)7(6)3-11/h4-5H,1-2H3. The molecule has 2 rings (SSSR count). The van der Waals surface area contributed by atoms with Crippen LogP contribution < -0.4 is 0 Å². The molecule has 13 heavy (non-hydrogen) atoms. The van der Waals surface area contributed by atoms with E-state index in [1.165, 1.54) is 0 Å². The SMILES string of the molecule is Cc1cn2cc(Cl)n(C)c2c1C#N. The second-order valence-corrected chi connectivity index (χ2v) is 3.43. The Bertz CT molecular complexity index is 513. The summed E-state index contributed by atoms with van der Waals surface area (Å²) in [7, 11) is 1.85. The van der Waals surface area contributed by atoms with Crippen LogP contribution in [-0.4, -0.2) is 8.97 Å². The molecule has 0 N–H and O–H groups in total. The van der Waals surface area contributed by atoms with Gasteiger partial charge in [0.25, 0.3) is 0 Å². The van der Waals surface area contributed by atoms with E-state index in [0.717, 1.165) is 11.2 Å². The molecule has 0 radical (unpaired) electrons. The third-order valence-corrected chi connectivity index (χ3v) is 2.54. The van der Waals surface area contributed by atoms with E-state index >= 15 is 0 Å². The Morgan fingerprint density at radius 1 is 1.46 bits per heavy atom. The van der Waals surface area contributed by atoms with Crippen molar-refractivity contribution < 1.29 is 0 Å². The van der Waals surface area contributed by atoms with E-state index in [4.69, 9.17) is 16.9 Å². The molecule has 0 bridgehead atoms. The molecule has 0 aromatic carbocycles. The van der Waals surface area contributed by atoms with Gasteiger partial charge in [-0.05, 0) is 12.5 Å². The van der Waals surface area contributed by atoms with Crippen molar-refractivity contribution in [2.75, 3.05) is 0 Å². The quantitative estimate of drug-likeness (QED) is 0.631. The number of aromatic nitrogens is 2. The molecule has 0 saturated heterocycles. The summed E-state index contributed by atoms with van der Waals surface area (Å²) in [5.41, 5.74) is 2.52. The van der Waals surface area contributed by atoms with Crippen LogP contribution in [0.25, 0.3) is 5.65 Å². The Hall–Kier alpha value is -1.40. The highest BCUT2D eigenvalue weighted by molar-refractivity contribution is 6.29. The predicted molar refractivity (Wildman–Crippen MR) is 50.8 cm³/mol. The number of halogens is 1. The van der Waals surface area contributed by atoms with Crippen molar-refractivity contribution in [1.82, 2.24) is 8.97 Å². The van der Waals surface area contributed by atoms with Crippen molar-refractivity contribution >= 4 is 17.2 Å². The maximum Gasteiger partial charge on any atom is 0.136 e. The van der Waals surface area contributed by atoms with E-state index in [0.29, 0.717) is 10.7 Å². The third kappa shape index (κ3) is 0.958. The number of hydrogen-bond donors (Lipinski definition) is 0. The molecule has 0 aliphatic carbocycles. The fraction of sp³-hybridized carbons (Fsp3) is 0.222. The lowest BCUT2D eigenvalue weighted by atomic mass is 10.2. The molecule has 0 amide bonds. The van der Waals surface area contributed by atoms with E-state index in [9.17, 15) is 0 Å². The molecule has 4 heteroatoms. The van der Waals surface area contributed by atoms with Gasteiger partial charge in [0, 0.05) is 19.4 Å². The van der Waals surface area contributed by atoms with Gasteiger partial charge in [-0.1, -0.05) is 11.6 Å². The highest BCUT2D eigenvalue weighted by Crippen LogP contribution is 2.21. The number of nitrogens with zero attached hydrogens (tertiary/aromatic N) is 3. The topological polar surface area (TPSA) is 33.1 Å². The summed E-state index contributed by atoms with van der Waals surface area (Å²) >= 11 is 5.91. The average molecular weight is 194 g/mol. The van der Waals surface area contributed by atoms with Gasteiger partial charge in [0.1, 0.15) is 16.9 Å². The van der Waals surface area contributed by atoms with Crippen LogP contribution in [0.2, 0.25) is 5.15 Å². The van der Waals surface area contributed by atoms with E-state index < -0.39 is 0 Å². The number of nitriles is 1. The van der Waals surface area contributed by atoms with Crippen LogP contribution in [0.3, 0.4) is 0 Å². The van der Waals surface area contributed by atoms with Gasteiger partial charge in [-0.25, -0.2) is 0 Å². The maximum atomic E-state index is 8.92. The number of aryl methyl sites for hydroxylation is 2. The highest BCUT2D eigenvalue weighted by atomic mass is 35.5. The molecule has 3 nitrogen and oxygen atoms in total. The summed E-state index contributed by atoms with van der Waals surface area (Å²) in [6.45, 7) is 1.92. The second-order valence-electron chi connectivity index (χ2n) is 3.04. The van der Waals surface area contributed by atoms with Gasteiger partial charge in [-0.2, -0.15) is 5.26 Å². The van der Waals surface area contributed by atoms with E-state index in [2.05, 4.69) is 6.07 Å². The highest BCUT2D eigenvalue weighted by Gasteiger charge is 2.11. The molecule has 0 unspecified atom stereocenters. The summed E-state index contributed by atoms with van der Waals surface area (Å²) in [4.78, 5) is 0. The van der Waals surface area contributed by atoms with Crippen molar-refractivity contribution in [2.24, 2.45) is 7.05 Å². The summed E-state index contributed by atoms with van der Waals surface area (Å²) in [5.74, 6) is 0. The third-order valence-electron chi connectivity index (χ3n) is 2.19. The number of rotatable bonds is 0. The molecule has 2 heterocycles. The smallest absolute Gasteiger partial charge is 0.136 e. The Morgan fingerprint density at radius 3 is 2.77 bits per heavy atom. The van der Waals surface area contributed by atoms with Crippen molar-refractivity contribution in [1.29, 1.82) is 5.26 Å². The Labute approximate surface area is 80.8 Å². The maximum absolute atomic E-state index is 8.92. The fourth-order valence-corrected chi connectivity index (χ4v) is 1.71. The molecule has 0 aliphatic rings. The minimum absolute atomic E-state index is 0.631. The van der Waals surface area contributed by atoms with Crippen LogP contribution in [0, 0.1) is 18.3 Å². The normalized spacial score (nSPS) is 10.6. The van der Waals surface area contributed by atoms with Gasteiger partial charge in [-0.3, -0.25) is 0 Å². The molecule has 2 aromatic heterocycles. The van der Waals surface area contributed by atoms with E-state index in [1.807, 2.05) is 24.6 Å². The van der Waals surface area contributed by atoms with E-state index in [1.54, 1.807) is 10.8 Å². The Balaban J connectivity index is 2.96. The molecule has 0 spiro atoms. The molecular weight excluding hydrogens is 186 g/mol. The zero-order valence-corrected chi connectivity index (χ0v) is 8.13. The minimum Gasteiger partial charge on any atom is -0.319 e. The van der Waals surface area contributed by atoms with Gasteiger partial charge in [0.15, 0.2) is 0 Å². The summed E-state index contributed by atoms with van der Waals surface area (Å²) < 4.78 is 3.67. The van der Waals surface area contributed by atoms with Crippen LogP contribution in [0.15, 0.2) is 12.4 Å². The summed E-state index contributed by atoms with van der Waals surface area (Å²) in [6.07, 6.45) is 3.70. The number of hydrogen-bond acceptors (Lipinski definition) is 1. The lowest BCUT2D eigenvalue weighted by molar-refractivity contribution is 0.957. The monoisotopic (exact) mass is 193 g/mol. The summed E-state index contributed by atoms with van der Waals surface area (Å²) in [5, 5.41) is 9.55. The second kappa shape index (κ2) is 2.54. The van der Waals surface area contributed by atoms with Crippen molar-refractivity contribution in [3.8, 4) is 6.07 Å². The first kappa shape index (κ1) is 8.21. The largest absolute Gasteiger partial charge is 0.319 e. The Morgan fingerprint density at radius 2 is 2.15 bits per heavy atom. The van der Waals surface area contributed by atoms with Gasteiger partial charge >= 0.3 is 0 Å². The summed E-state index contributed by atoms with van der Waals surface area (Å²) in [6, 6.07) is 2.17. The molecule has 0 atom stereocenters. The number of imidazole rings is 1. The van der Waals surface area contributed by atoms with Gasteiger partial charge < -0.3 is 8.97 Å². The van der Waals surface area contributed by atoms with Crippen molar-refractivity contribution in [3.05, 3.63) is 28.7 Å².